The van der Waals surface area contributed by atoms with E-state index in [2.05, 4.69) is 15.6 Å². The first-order valence-corrected chi connectivity index (χ1v) is 8.01. The van der Waals surface area contributed by atoms with Gasteiger partial charge in [0.2, 0.25) is 0 Å². The SMILES string of the molecule is Cc1cc(CN(C)C(=O)Nc2c(C)nn(-c3ccccc3)c2C)no1. The molecular formula is C18H21N5O2. The number of anilines is 1. The first-order chi connectivity index (χ1) is 12.0. The summed E-state index contributed by atoms with van der Waals surface area (Å²) in [7, 11) is 1.71. The van der Waals surface area contributed by atoms with Gasteiger partial charge in [0.15, 0.2) is 0 Å². The summed E-state index contributed by atoms with van der Waals surface area (Å²) in [5, 5.41) is 11.4. The fourth-order valence-corrected chi connectivity index (χ4v) is 2.65. The molecule has 0 aliphatic rings. The van der Waals surface area contributed by atoms with Gasteiger partial charge in [-0.1, -0.05) is 23.4 Å². The standard InChI is InChI=1S/C18H21N5O2/c1-12-10-15(21-25-12)11-22(4)18(24)19-17-13(2)20-23(14(17)3)16-8-6-5-7-9-16/h5-10H,11H2,1-4H3,(H,19,24). The van der Waals surface area contributed by atoms with Crippen LogP contribution in [0.1, 0.15) is 22.8 Å². The van der Waals surface area contributed by atoms with Crippen molar-refractivity contribution < 1.29 is 9.32 Å². The summed E-state index contributed by atoms with van der Waals surface area (Å²) in [6.45, 7) is 6.00. The molecule has 0 aliphatic carbocycles. The molecule has 0 unspecified atom stereocenters. The highest BCUT2D eigenvalue weighted by molar-refractivity contribution is 5.90. The van der Waals surface area contributed by atoms with E-state index in [1.165, 1.54) is 0 Å². The number of urea groups is 1. The maximum Gasteiger partial charge on any atom is 0.322 e. The zero-order valence-electron chi connectivity index (χ0n) is 14.8. The Kier molecular flexibility index (Phi) is 4.56. The number of para-hydroxylation sites is 1. The van der Waals surface area contributed by atoms with Gasteiger partial charge in [-0.05, 0) is 32.9 Å². The molecule has 0 radical (unpaired) electrons. The third-order valence-corrected chi connectivity index (χ3v) is 3.95. The van der Waals surface area contributed by atoms with E-state index in [0.29, 0.717) is 12.2 Å². The van der Waals surface area contributed by atoms with Crippen LogP contribution in [0.3, 0.4) is 0 Å². The van der Waals surface area contributed by atoms with Gasteiger partial charge in [0, 0.05) is 13.1 Å². The predicted molar refractivity (Wildman–Crippen MR) is 94.8 cm³/mol. The largest absolute Gasteiger partial charge is 0.361 e. The molecule has 1 aromatic carbocycles. The van der Waals surface area contributed by atoms with E-state index in [1.54, 1.807) is 11.9 Å². The lowest BCUT2D eigenvalue weighted by atomic mass is 10.3. The average molecular weight is 339 g/mol. The van der Waals surface area contributed by atoms with Crippen LogP contribution in [0.5, 0.6) is 0 Å². The first kappa shape index (κ1) is 16.8. The Hall–Kier alpha value is -3.09. The maximum atomic E-state index is 12.5. The van der Waals surface area contributed by atoms with Crippen molar-refractivity contribution in [2.24, 2.45) is 0 Å². The topological polar surface area (TPSA) is 76.2 Å². The summed E-state index contributed by atoms with van der Waals surface area (Å²) in [6.07, 6.45) is 0. The Morgan fingerprint density at radius 3 is 2.60 bits per heavy atom. The molecule has 7 heteroatoms. The van der Waals surface area contributed by atoms with Crippen LogP contribution in [-0.2, 0) is 6.54 Å². The molecule has 130 valence electrons. The van der Waals surface area contributed by atoms with Crippen LogP contribution < -0.4 is 5.32 Å². The summed E-state index contributed by atoms with van der Waals surface area (Å²) in [6, 6.07) is 11.4. The lowest BCUT2D eigenvalue weighted by Crippen LogP contribution is -2.31. The fourth-order valence-electron chi connectivity index (χ4n) is 2.65. The number of rotatable bonds is 4. The summed E-state index contributed by atoms with van der Waals surface area (Å²) in [4.78, 5) is 14.0. The molecule has 0 bridgehead atoms. The highest BCUT2D eigenvalue weighted by atomic mass is 16.5. The minimum Gasteiger partial charge on any atom is -0.361 e. The Morgan fingerprint density at radius 2 is 1.96 bits per heavy atom. The summed E-state index contributed by atoms with van der Waals surface area (Å²) in [5.74, 6) is 0.722. The van der Waals surface area contributed by atoms with Crippen molar-refractivity contribution in [1.29, 1.82) is 0 Å². The Morgan fingerprint density at radius 1 is 1.24 bits per heavy atom. The van der Waals surface area contributed by atoms with Gasteiger partial charge in [-0.3, -0.25) is 0 Å². The van der Waals surface area contributed by atoms with Crippen LogP contribution in [0.25, 0.3) is 5.69 Å². The van der Waals surface area contributed by atoms with Crippen LogP contribution in [-0.4, -0.2) is 32.9 Å². The van der Waals surface area contributed by atoms with E-state index in [-0.39, 0.29) is 6.03 Å². The smallest absolute Gasteiger partial charge is 0.322 e. The molecule has 0 saturated heterocycles. The molecule has 0 fully saturated rings. The van der Waals surface area contributed by atoms with Crippen molar-refractivity contribution in [1.82, 2.24) is 19.8 Å². The van der Waals surface area contributed by atoms with Crippen molar-refractivity contribution in [3.63, 3.8) is 0 Å². The fraction of sp³-hybridized carbons (Fsp3) is 0.278. The number of amides is 2. The first-order valence-electron chi connectivity index (χ1n) is 8.01. The van der Waals surface area contributed by atoms with Crippen molar-refractivity contribution in [3.05, 3.63) is 59.2 Å². The molecule has 2 heterocycles. The van der Waals surface area contributed by atoms with E-state index < -0.39 is 0 Å². The number of nitrogens with zero attached hydrogens (tertiary/aromatic N) is 4. The number of aromatic nitrogens is 3. The monoisotopic (exact) mass is 339 g/mol. The van der Waals surface area contributed by atoms with Gasteiger partial charge in [-0.15, -0.1) is 0 Å². The van der Waals surface area contributed by atoms with Gasteiger partial charge >= 0.3 is 6.03 Å². The number of benzene rings is 1. The van der Waals surface area contributed by atoms with Crippen molar-refractivity contribution in [2.45, 2.75) is 27.3 Å². The third-order valence-electron chi connectivity index (χ3n) is 3.95. The molecule has 7 nitrogen and oxygen atoms in total. The highest BCUT2D eigenvalue weighted by Gasteiger charge is 2.18. The van der Waals surface area contributed by atoms with Crippen molar-refractivity contribution in [3.8, 4) is 5.69 Å². The molecule has 3 rings (SSSR count). The molecule has 0 atom stereocenters. The van der Waals surface area contributed by atoms with Gasteiger partial charge in [0.1, 0.15) is 11.5 Å². The number of aryl methyl sites for hydroxylation is 2. The second-order valence-electron chi connectivity index (χ2n) is 6.01. The Balaban J connectivity index is 1.76. The number of nitrogens with one attached hydrogen (secondary N) is 1. The van der Waals surface area contributed by atoms with Crippen molar-refractivity contribution >= 4 is 11.7 Å². The number of carbonyl (C=O) groups excluding carboxylic acids is 1. The zero-order valence-corrected chi connectivity index (χ0v) is 14.8. The van der Waals surface area contributed by atoms with Gasteiger partial charge < -0.3 is 14.7 Å². The van der Waals surface area contributed by atoms with Crippen molar-refractivity contribution in [2.75, 3.05) is 12.4 Å². The molecule has 2 aromatic heterocycles. The van der Waals surface area contributed by atoms with Crippen LogP contribution in [0.15, 0.2) is 40.9 Å². The normalized spacial score (nSPS) is 10.7. The minimum atomic E-state index is -0.223. The maximum absolute atomic E-state index is 12.5. The number of hydrogen-bond donors (Lipinski definition) is 1. The number of carbonyl (C=O) groups is 1. The van der Waals surface area contributed by atoms with E-state index in [1.807, 2.05) is 61.9 Å². The molecule has 0 saturated carbocycles. The van der Waals surface area contributed by atoms with Crippen LogP contribution >= 0.6 is 0 Å². The molecule has 3 aromatic rings. The van der Waals surface area contributed by atoms with E-state index in [9.17, 15) is 4.79 Å². The number of hydrogen-bond acceptors (Lipinski definition) is 4. The summed E-state index contributed by atoms with van der Waals surface area (Å²) >= 11 is 0. The van der Waals surface area contributed by atoms with E-state index in [0.717, 1.165) is 28.5 Å². The van der Waals surface area contributed by atoms with E-state index in [4.69, 9.17) is 4.52 Å². The second kappa shape index (κ2) is 6.80. The van der Waals surface area contributed by atoms with Gasteiger partial charge in [-0.25, -0.2) is 9.48 Å². The zero-order chi connectivity index (χ0) is 18.0. The molecule has 0 spiro atoms. The Labute approximate surface area is 146 Å². The lowest BCUT2D eigenvalue weighted by Gasteiger charge is -2.16. The molecule has 1 N–H and O–H groups in total. The van der Waals surface area contributed by atoms with Gasteiger partial charge in [-0.2, -0.15) is 5.10 Å². The van der Waals surface area contributed by atoms with E-state index >= 15 is 0 Å². The van der Waals surface area contributed by atoms with Crippen LogP contribution in [0.4, 0.5) is 10.5 Å². The average Bonchev–Trinajstić information content (AvgIpc) is 3.13. The summed E-state index contributed by atoms with van der Waals surface area (Å²) in [5.41, 5.74) is 4.03. The van der Waals surface area contributed by atoms with Gasteiger partial charge in [0.25, 0.3) is 0 Å². The third kappa shape index (κ3) is 3.55. The molecule has 25 heavy (non-hydrogen) atoms. The Bertz CT molecular complexity index is 882. The van der Waals surface area contributed by atoms with Gasteiger partial charge in [0.05, 0.1) is 29.3 Å². The molecule has 0 aliphatic heterocycles. The minimum absolute atomic E-state index is 0.223. The quantitative estimate of drug-likeness (QED) is 0.790. The van der Waals surface area contributed by atoms with Crippen LogP contribution in [0, 0.1) is 20.8 Å². The lowest BCUT2D eigenvalue weighted by molar-refractivity contribution is 0.219. The molecule has 2 amide bonds. The second-order valence-corrected chi connectivity index (χ2v) is 6.01. The predicted octanol–water partition coefficient (Wildman–Crippen LogP) is 3.45. The molecular weight excluding hydrogens is 318 g/mol. The highest BCUT2D eigenvalue weighted by Crippen LogP contribution is 2.23. The summed E-state index contributed by atoms with van der Waals surface area (Å²) < 4.78 is 6.86. The van der Waals surface area contributed by atoms with Crippen LogP contribution in [0.2, 0.25) is 0 Å².